The molecule has 2 aromatic rings. The Morgan fingerprint density at radius 3 is 2.83 bits per heavy atom. The summed E-state index contributed by atoms with van der Waals surface area (Å²) in [5.74, 6) is 0.822. The molecule has 0 bridgehead atoms. The highest BCUT2D eigenvalue weighted by Gasteiger charge is 2.03. The van der Waals surface area contributed by atoms with Crippen LogP contribution in [0.5, 0.6) is 0 Å². The van der Waals surface area contributed by atoms with Gasteiger partial charge in [-0.05, 0) is 24.9 Å². The third-order valence-corrected chi connectivity index (χ3v) is 3.26. The van der Waals surface area contributed by atoms with Crippen LogP contribution < -0.4 is 5.32 Å². The molecule has 0 radical (unpaired) electrons. The molecule has 0 unspecified atom stereocenters. The number of para-hydroxylation sites is 1. The molecule has 0 aliphatic carbocycles. The van der Waals surface area contributed by atoms with Crippen molar-refractivity contribution in [2.24, 2.45) is 5.92 Å². The van der Waals surface area contributed by atoms with Gasteiger partial charge in [-0.2, -0.15) is 0 Å². The van der Waals surface area contributed by atoms with Crippen molar-refractivity contribution in [1.82, 2.24) is 5.32 Å². The van der Waals surface area contributed by atoms with E-state index in [2.05, 4.69) is 31.3 Å². The summed E-state index contributed by atoms with van der Waals surface area (Å²) in [6.45, 7) is 6.56. The number of hydrogen-bond donors (Lipinski definition) is 1. The Hall–Kier alpha value is -1.28. The van der Waals surface area contributed by atoms with Crippen LogP contribution in [-0.2, 0) is 6.54 Å². The summed E-state index contributed by atoms with van der Waals surface area (Å²) in [5.41, 5.74) is 2.24. The molecule has 0 spiro atoms. The highest BCUT2D eigenvalue weighted by Crippen LogP contribution is 2.20. The first-order chi connectivity index (χ1) is 8.77. The maximum Gasteiger partial charge on any atom is 0.134 e. The summed E-state index contributed by atoms with van der Waals surface area (Å²) < 4.78 is 5.52. The monoisotopic (exact) mass is 245 g/mol. The van der Waals surface area contributed by atoms with E-state index < -0.39 is 0 Å². The fourth-order valence-corrected chi connectivity index (χ4v) is 2.20. The molecule has 18 heavy (non-hydrogen) atoms. The van der Waals surface area contributed by atoms with Crippen molar-refractivity contribution >= 4 is 11.0 Å². The Morgan fingerprint density at radius 1 is 1.17 bits per heavy atom. The van der Waals surface area contributed by atoms with E-state index in [1.165, 1.54) is 30.2 Å². The summed E-state index contributed by atoms with van der Waals surface area (Å²) >= 11 is 0. The zero-order valence-corrected chi connectivity index (χ0v) is 11.4. The number of rotatable bonds is 7. The smallest absolute Gasteiger partial charge is 0.134 e. The summed E-state index contributed by atoms with van der Waals surface area (Å²) in [6.07, 6.45) is 5.77. The SMILES string of the molecule is CC(C)CCCCNCc1coc2ccccc12. The molecular formula is C16H23NO. The minimum Gasteiger partial charge on any atom is -0.464 e. The van der Waals surface area contributed by atoms with Crippen LogP contribution in [0.15, 0.2) is 34.9 Å². The maximum absolute atomic E-state index is 5.52. The van der Waals surface area contributed by atoms with Gasteiger partial charge in [-0.1, -0.05) is 44.9 Å². The van der Waals surface area contributed by atoms with E-state index in [1.54, 1.807) is 0 Å². The van der Waals surface area contributed by atoms with Crippen LogP contribution in [0.3, 0.4) is 0 Å². The van der Waals surface area contributed by atoms with Gasteiger partial charge in [0.25, 0.3) is 0 Å². The quantitative estimate of drug-likeness (QED) is 0.734. The minimum absolute atomic E-state index is 0.822. The van der Waals surface area contributed by atoms with Crippen LogP contribution in [-0.4, -0.2) is 6.54 Å². The summed E-state index contributed by atoms with van der Waals surface area (Å²) in [5, 5.41) is 4.72. The lowest BCUT2D eigenvalue weighted by atomic mass is 10.1. The summed E-state index contributed by atoms with van der Waals surface area (Å²) in [4.78, 5) is 0. The highest BCUT2D eigenvalue weighted by atomic mass is 16.3. The van der Waals surface area contributed by atoms with Crippen LogP contribution in [0, 0.1) is 5.92 Å². The first-order valence-electron chi connectivity index (χ1n) is 6.93. The fourth-order valence-electron chi connectivity index (χ4n) is 2.20. The molecule has 2 heteroatoms. The van der Waals surface area contributed by atoms with Gasteiger partial charge in [0.15, 0.2) is 0 Å². The van der Waals surface area contributed by atoms with Crippen molar-refractivity contribution in [3.8, 4) is 0 Å². The highest BCUT2D eigenvalue weighted by molar-refractivity contribution is 5.80. The second-order valence-electron chi connectivity index (χ2n) is 5.32. The molecule has 1 aromatic carbocycles. The molecule has 2 rings (SSSR count). The Kier molecular flexibility index (Phi) is 4.82. The standard InChI is InChI=1S/C16H23NO/c1-13(2)7-5-6-10-17-11-14-12-18-16-9-4-3-8-15(14)16/h3-4,8-9,12-13,17H,5-7,10-11H2,1-2H3. The second-order valence-corrected chi connectivity index (χ2v) is 5.32. The third kappa shape index (κ3) is 3.61. The van der Waals surface area contributed by atoms with Gasteiger partial charge in [0.05, 0.1) is 6.26 Å². The number of furan rings is 1. The normalized spacial score (nSPS) is 11.5. The topological polar surface area (TPSA) is 25.2 Å². The van der Waals surface area contributed by atoms with Crippen molar-refractivity contribution in [1.29, 1.82) is 0 Å². The average molecular weight is 245 g/mol. The molecule has 2 nitrogen and oxygen atoms in total. The van der Waals surface area contributed by atoms with E-state index >= 15 is 0 Å². The number of unbranched alkanes of at least 4 members (excludes halogenated alkanes) is 1. The Bertz CT molecular complexity index is 473. The first-order valence-corrected chi connectivity index (χ1v) is 6.93. The van der Waals surface area contributed by atoms with Crippen LogP contribution in [0.2, 0.25) is 0 Å². The predicted octanol–water partition coefficient (Wildman–Crippen LogP) is 4.35. The number of hydrogen-bond acceptors (Lipinski definition) is 2. The minimum atomic E-state index is 0.822. The van der Waals surface area contributed by atoms with Crippen LogP contribution >= 0.6 is 0 Å². The Balaban J connectivity index is 1.74. The van der Waals surface area contributed by atoms with Gasteiger partial charge < -0.3 is 9.73 Å². The molecule has 0 aliphatic rings. The van der Waals surface area contributed by atoms with Crippen LogP contribution in [0.1, 0.15) is 38.7 Å². The van der Waals surface area contributed by atoms with Gasteiger partial charge in [-0.25, -0.2) is 0 Å². The lowest BCUT2D eigenvalue weighted by Gasteiger charge is -2.05. The van der Waals surface area contributed by atoms with Crippen molar-refractivity contribution in [3.63, 3.8) is 0 Å². The molecule has 0 fully saturated rings. The van der Waals surface area contributed by atoms with Crippen molar-refractivity contribution in [2.75, 3.05) is 6.54 Å². The zero-order valence-electron chi connectivity index (χ0n) is 11.4. The molecule has 0 aliphatic heterocycles. The Morgan fingerprint density at radius 2 is 2.00 bits per heavy atom. The maximum atomic E-state index is 5.52. The molecular weight excluding hydrogens is 222 g/mol. The molecule has 98 valence electrons. The molecule has 1 heterocycles. The van der Waals surface area contributed by atoms with E-state index in [9.17, 15) is 0 Å². The number of benzene rings is 1. The molecule has 0 saturated heterocycles. The van der Waals surface area contributed by atoms with E-state index in [4.69, 9.17) is 4.42 Å². The van der Waals surface area contributed by atoms with Crippen LogP contribution in [0.4, 0.5) is 0 Å². The summed E-state index contributed by atoms with van der Waals surface area (Å²) in [6, 6.07) is 8.20. The zero-order chi connectivity index (χ0) is 12.8. The van der Waals surface area contributed by atoms with Gasteiger partial charge in [0.1, 0.15) is 5.58 Å². The van der Waals surface area contributed by atoms with E-state index in [0.29, 0.717) is 0 Å². The third-order valence-electron chi connectivity index (χ3n) is 3.26. The molecule has 0 atom stereocenters. The van der Waals surface area contributed by atoms with Gasteiger partial charge in [-0.15, -0.1) is 0 Å². The van der Waals surface area contributed by atoms with Crippen molar-refractivity contribution in [3.05, 3.63) is 36.1 Å². The fraction of sp³-hybridized carbons (Fsp3) is 0.500. The van der Waals surface area contributed by atoms with E-state index in [-0.39, 0.29) is 0 Å². The lowest BCUT2D eigenvalue weighted by molar-refractivity contribution is 0.519. The predicted molar refractivity (Wildman–Crippen MR) is 76.6 cm³/mol. The van der Waals surface area contributed by atoms with Gasteiger partial charge in [0.2, 0.25) is 0 Å². The van der Waals surface area contributed by atoms with Gasteiger partial charge in [0, 0.05) is 17.5 Å². The van der Waals surface area contributed by atoms with Crippen molar-refractivity contribution in [2.45, 2.75) is 39.7 Å². The van der Waals surface area contributed by atoms with E-state index in [0.717, 1.165) is 24.6 Å². The molecule has 1 aromatic heterocycles. The second kappa shape index (κ2) is 6.60. The van der Waals surface area contributed by atoms with Crippen LogP contribution in [0.25, 0.3) is 11.0 Å². The summed E-state index contributed by atoms with van der Waals surface area (Å²) in [7, 11) is 0. The number of nitrogens with one attached hydrogen (secondary N) is 1. The number of fused-ring (bicyclic) bond motifs is 1. The van der Waals surface area contributed by atoms with E-state index in [1.807, 2.05) is 18.4 Å². The van der Waals surface area contributed by atoms with Gasteiger partial charge in [-0.3, -0.25) is 0 Å². The first kappa shape index (κ1) is 13.2. The lowest BCUT2D eigenvalue weighted by Crippen LogP contribution is -2.14. The van der Waals surface area contributed by atoms with Crippen molar-refractivity contribution < 1.29 is 4.42 Å². The molecule has 1 N–H and O–H groups in total. The van der Waals surface area contributed by atoms with Gasteiger partial charge >= 0.3 is 0 Å². The average Bonchev–Trinajstić information content (AvgIpc) is 2.77. The largest absolute Gasteiger partial charge is 0.464 e. The Labute approximate surface area is 109 Å². The molecule has 0 saturated carbocycles. The molecule has 0 amide bonds.